The molecule has 0 heterocycles. The predicted octanol–water partition coefficient (Wildman–Crippen LogP) is 2.78. The van der Waals surface area contributed by atoms with E-state index in [9.17, 15) is 0 Å². The van der Waals surface area contributed by atoms with E-state index in [2.05, 4.69) is 17.4 Å². The molecule has 2 rings (SSSR count). The highest BCUT2D eigenvalue weighted by molar-refractivity contribution is 5.85. The normalized spacial score (nSPS) is 9.91. The second-order valence-electron chi connectivity index (χ2n) is 4.67. The van der Waals surface area contributed by atoms with Gasteiger partial charge in [-0.15, -0.1) is 12.4 Å². The van der Waals surface area contributed by atoms with Gasteiger partial charge < -0.3 is 19.9 Å². The third-order valence-corrected chi connectivity index (χ3v) is 3.10. The zero-order chi connectivity index (χ0) is 14.9. The van der Waals surface area contributed by atoms with E-state index >= 15 is 0 Å². The maximum absolute atomic E-state index is 8.70. The van der Waals surface area contributed by atoms with Gasteiger partial charge in [0.15, 0.2) is 0 Å². The largest absolute Gasteiger partial charge is 0.497 e. The van der Waals surface area contributed by atoms with Crippen molar-refractivity contribution in [3.8, 4) is 11.5 Å². The average Bonchev–Trinajstić information content (AvgIpc) is 2.55. The number of aliphatic hydroxyl groups excluding tert-OH is 1. The van der Waals surface area contributed by atoms with Gasteiger partial charge in [0, 0.05) is 13.1 Å². The molecule has 2 aromatic rings. The SMILES string of the molecule is COc1ccc(CNCc2ccc(OCCO)cc2)cc1.Cl. The van der Waals surface area contributed by atoms with Crippen molar-refractivity contribution in [3.63, 3.8) is 0 Å². The topological polar surface area (TPSA) is 50.7 Å². The number of halogens is 1. The highest BCUT2D eigenvalue weighted by Gasteiger charge is 1.97. The van der Waals surface area contributed by atoms with Gasteiger partial charge in [-0.1, -0.05) is 24.3 Å². The lowest BCUT2D eigenvalue weighted by molar-refractivity contribution is 0.201. The van der Waals surface area contributed by atoms with Crippen LogP contribution in [0.1, 0.15) is 11.1 Å². The molecule has 2 N–H and O–H groups in total. The maximum atomic E-state index is 8.70. The molecule has 0 aliphatic rings. The zero-order valence-corrected chi connectivity index (χ0v) is 13.4. The number of hydrogen-bond acceptors (Lipinski definition) is 4. The van der Waals surface area contributed by atoms with Crippen LogP contribution >= 0.6 is 12.4 Å². The van der Waals surface area contributed by atoms with Gasteiger partial charge in [0.05, 0.1) is 13.7 Å². The van der Waals surface area contributed by atoms with Crippen molar-refractivity contribution < 1.29 is 14.6 Å². The Bertz CT molecular complexity index is 529. The highest BCUT2D eigenvalue weighted by atomic mass is 35.5. The molecule has 0 amide bonds. The van der Waals surface area contributed by atoms with Crippen LogP contribution in [-0.2, 0) is 13.1 Å². The Kier molecular flexibility index (Phi) is 8.36. The van der Waals surface area contributed by atoms with E-state index < -0.39 is 0 Å². The fourth-order valence-electron chi connectivity index (χ4n) is 1.96. The summed E-state index contributed by atoms with van der Waals surface area (Å²) in [4.78, 5) is 0. The van der Waals surface area contributed by atoms with Gasteiger partial charge in [-0.2, -0.15) is 0 Å². The van der Waals surface area contributed by atoms with Gasteiger partial charge in [-0.25, -0.2) is 0 Å². The number of nitrogens with one attached hydrogen (secondary N) is 1. The van der Waals surface area contributed by atoms with Gasteiger partial charge >= 0.3 is 0 Å². The molecular weight excluding hydrogens is 302 g/mol. The molecule has 0 aliphatic heterocycles. The Hall–Kier alpha value is -1.75. The summed E-state index contributed by atoms with van der Waals surface area (Å²) in [5, 5.41) is 12.1. The molecular formula is C17H22ClNO3. The number of aliphatic hydroxyl groups is 1. The minimum atomic E-state index is 0. The van der Waals surface area contributed by atoms with Crippen LogP contribution in [0.5, 0.6) is 11.5 Å². The third kappa shape index (κ3) is 5.93. The first-order chi connectivity index (χ1) is 10.3. The smallest absolute Gasteiger partial charge is 0.119 e. The summed E-state index contributed by atoms with van der Waals surface area (Å²) in [6.07, 6.45) is 0. The molecule has 0 radical (unpaired) electrons. The van der Waals surface area contributed by atoms with E-state index in [0.29, 0.717) is 6.61 Å². The number of benzene rings is 2. The van der Waals surface area contributed by atoms with Gasteiger partial charge in [0.2, 0.25) is 0 Å². The molecule has 4 nitrogen and oxygen atoms in total. The Morgan fingerprint density at radius 2 is 1.36 bits per heavy atom. The van der Waals surface area contributed by atoms with Crippen molar-refractivity contribution >= 4 is 12.4 Å². The summed E-state index contributed by atoms with van der Waals surface area (Å²) in [6, 6.07) is 15.9. The molecule has 0 aromatic heterocycles. The van der Waals surface area contributed by atoms with Gasteiger partial charge in [-0.3, -0.25) is 0 Å². The lowest BCUT2D eigenvalue weighted by Gasteiger charge is -2.08. The van der Waals surface area contributed by atoms with Crippen molar-refractivity contribution in [1.82, 2.24) is 5.32 Å². The fraction of sp³-hybridized carbons (Fsp3) is 0.294. The molecule has 0 saturated heterocycles. The maximum Gasteiger partial charge on any atom is 0.119 e. The molecule has 0 aliphatic carbocycles. The van der Waals surface area contributed by atoms with Crippen LogP contribution in [0.4, 0.5) is 0 Å². The summed E-state index contributed by atoms with van der Waals surface area (Å²) in [5.74, 6) is 1.65. The van der Waals surface area contributed by atoms with E-state index in [1.807, 2.05) is 36.4 Å². The fourth-order valence-corrected chi connectivity index (χ4v) is 1.96. The standard InChI is InChI=1S/C17H21NO3.ClH/c1-20-16-6-2-14(3-7-16)12-18-13-15-4-8-17(9-5-15)21-11-10-19;/h2-9,18-19H,10-13H2,1H3;1H. The van der Waals surface area contributed by atoms with Gasteiger partial charge in [-0.05, 0) is 35.4 Å². The molecule has 22 heavy (non-hydrogen) atoms. The second kappa shape index (κ2) is 10.1. The molecule has 0 saturated carbocycles. The van der Waals surface area contributed by atoms with Crippen LogP contribution in [0.2, 0.25) is 0 Å². The van der Waals surface area contributed by atoms with Crippen LogP contribution < -0.4 is 14.8 Å². The van der Waals surface area contributed by atoms with Crippen LogP contribution in [-0.4, -0.2) is 25.4 Å². The summed E-state index contributed by atoms with van der Waals surface area (Å²) in [7, 11) is 1.67. The molecule has 0 unspecified atom stereocenters. The van der Waals surface area contributed by atoms with Crippen LogP contribution in [0.25, 0.3) is 0 Å². The van der Waals surface area contributed by atoms with E-state index in [4.69, 9.17) is 14.6 Å². The average molecular weight is 324 g/mol. The molecule has 0 spiro atoms. The Morgan fingerprint density at radius 1 is 0.864 bits per heavy atom. The van der Waals surface area contributed by atoms with E-state index in [1.54, 1.807) is 7.11 Å². The van der Waals surface area contributed by atoms with Crippen molar-refractivity contribution in [2.75, 3.05) is 20.3 Å². The second-order valence-corrected chi connectivity index (χ2v) is 4.67. The molecule has 120 valence electrons. The van der Waals surface area contributed by atoms with Crippen molar-refractivity contribution in [3.05, 3.63) is 59.7 Å². The number of hydrogen-bond donors (Lipinski definition) is 2. The van der Waals surface area contributed by atoms with E-state index in [0.717, 1.165) is 24.6 Å². The summed E-state index contributed by atoms with van der Waals surface area (Å²) in [6.45, 7) is 1.97. The summed E-state index contributed by atoms with van der Waals surface area (Å²) in [5.41, 5.74) is 2.42. The van der Waals surface area contributed by atoms with E-state index in [1.165, 1.54) is 11.1 Å². The summed E-state index contributed by atoms with van der Waals surface area (Å²) < 4.78 is 10.5. The first kappa shape index (κ1) is 18.3. The summed E-state index contributed by atoms with van der Waals surface area (Å²) >= 11 is 0. The van der Waals surface area contributed by atoms with Gasteiger partial charge in [0.1, 0.15) is 18.1 Å². The molecule has 2 aromatic carbocycles. The molecule has 0 bridgehead atoms. The monoisotopic (exact) mass is 323 g/mol. The number of methoxy groups -OCH3 is 1. The minimum absolute atomic E-state index is 0. The molecule has 0 atom stereocenters. The van der Waals surface area contributed by atoms with E-state index in [-0.39, 0.29) is 19.0 Å². The minimum Gasteiger partial charge on any atom is -0.497 e. The molecule has 5 heteroatoms. The van der Waals surface area contributed by atoms with Crippen molar-refractivity contribution in [2.45, 2.75) is 13.1 Å². The van der Waals surface area contributed by atoms with Crippen LogP contribution in [0.3, 0.4) is 0 Å². The Labute approximate surface area is 137 Å². The lowest BCUT2D eigenvalue weighted by Crippen LogP contribution is -2.12. The predicted molar refractivity (Wildman–Crippen MR) is 89.8 cm³/mol. The van der Waals surface area contributed by atoms with Crippen molar-refractivity contribution in [2.24, 2.45) is 0 Å². The van der Waals surface area contributed by atoms with Crippen LogP contribution in [0, 0.1) is 0 Å². The highest BCUT2D eigenvalue weighted by Crippen LogP contribution is 2.13. The quantitative estimate of drug-likeness (QED) is 0.784. The third-order valence-electron chi connectivity index (χ3n) is 3.10. The van der Waals surface area contributed by atoms with Crippen molar-refractivity contribution in [1.29, 1.82) is 0 Å². The first-order valence-electron chi connectivity index (χ1n) is 6.98. The Balaban J connectivity index is 0.00000242. The van der Waals surface area contributed by atoms with Gasteiger partial charge in [0.25, 0.3) is 0 Å². The number of ether oxygens (including phenoxy) is 2. The number of rotatable bonds is 8. The zero-order valence-electron chi connectivity index (χ0n) is 12.6. The lowest BCUT2D eigenvalue weighted by atomic mass is 10.2. The van der Waals surface area contributed by atoms with Crippen LogP contribution in [0.15, 0.2) is 48.5 Å². The Morgan fingerprint density at radius 3 is 1.82 bits per heavy atom. The first-order valence-corrected chi connectivity index (χ1v) is 6.98. The molecule has 0 fully saturated rings.